The average Bonchev–Trinajstić information content (AvgIpc) is 2.97. The van der Waals surface area contributed by atoms with E-state index in [0.717, 1.165) is 0 Å². The smallest absolute Gasteiger partial charge is 0.295 e. The number of aryl methyl sites for hydroxylation is 2. The molecule has 0 amide bonds. The van der Waals surface area contributed by atoms with Gasteiger partial charge in [0.2, 0.25) is 5.28 Å². The van der Waals surface area contributed by atoms with Gasteiger partial charge in [0.05, 0.1) is 10.9 Å². The molecule has 1 N–H and O–H groups in total. The van der Waals surface area contributed by atoms with Crippen molar-refractivity contribution in [3.8, 4) is 11.1 Å². The van der Waals surface area contributed by atoms with Gasteiger partial charge in [0.1, 0.15) is 5.69 Å². The molecular weight excluding hydrogens is 419 g/mol. The lowest BCUT2D eigenvalue weighted by Crippen LogP contribution is -2.13. The van der Waals surface area contributed by atoms with E-state index in [9.17, 15) is 18.0 Å². The zero-order valence-electron chi connectivity index (χ0n) is 15.9. The number of pyridine rings is 1. The summed E-state index contributed by atoms with van der Waals surface area (Å²) in [6.07, 6.45) is -0.547. The molecule has 0 aliphatic rings. The molecule has 10 heteroatoms. The summed E-state index contributed by atoms with van der Waals surface area (Å²) in [5.41, 5.74) is 1.49. The van der Waals surface area contributed by atoms with E-state index in [-0.39, 0.29) is 22.8 Å². The third-order valence-corrected chi connectivity index (χ3v) is 4.99. The predicted molar refractivity (Wildman–Crippen MR) is 106 cm³/mol. The quantitative estimate of drug-likeness (QED) is 0.489. The van der Waals surface area contributed by atoms with Gasteiger partial charge in [-0.1, -0.05) is 12.1 Å². The van der Waals surface area contributed by atoms with Gasteiger partial charge in [-0.2, -0.15) is 13.2 Å². The molecule has 30 heavy (non-hydrogen) atoms. The van der Waals surface area contributed by atoms with Gasteiger partial charge < -0.3 is 0 Å². The summed E-state index contributed by atoms with van der Waals surface area (Å²) in [4.78, 5) is 23.9. The molecular formula is C20H15ClF3N5O. The Morgan fingerprint density at radius 1 is 1.13 bits per heavy atom. The first kappa shape index (κ1) is 20.1. The number of hydrogen-bond donors (Lipinski definition) is 1. The highest BCUT2D eigenvalue weighted by Crippen LogP contribution is 2.35. The van der Waals surface area contributed by atoms with Crippen LogP contribution in [0.4, 0.5) is 13.2 Å². The Bertz CT molecular complexity index is 1310. The first-order chi connectivity index (χ1) is 14.1. The highest BCUT2D eigenvalue weighted by molar-refractivity contribution is 6.28. The topological polar surface area (TPSA) is 76.5 Å². The zero-order valence-corrected chi connectivity index (χ0v) is 16.6. The summed E-state index contributed by atoms with van der Waals surface area (Å²) in [5, 5.41) is 3.37. The molecule has 3 aromatic heterocycles. The van der Waals surface area contributed by atoms with E-state index >= 15 is 0 Å². The lowest BCUT2D eigenvalue weighted by Gasteiger charge is -2.15. The van der Waals surface area contributed by atoms with E-state index in [4.69, 9.17) is 11.6 Å². The maximum absolute atomic E-state index is 13.6. The molecule has 0 unspecified atom stereocenters. The maximum Gasteiger partial charge on any atom is 0.433 e. The molecule has 3 heterocycles. The lowest BCUT2D eigenvalue weighted by molar-refractivity contribution is -0.141. The van der Waals surface area contributed by atoms with Crippen LogP contribution in [0.2, 0.25) is 5.28 Å². The van der Waals surface area contributed by atoms with Crippen molar-refractivity contribution in [2.24, 2.45) is 7.05 Å². The molecule has 1 aromatic carbocycles. The van der Waals surface area contributed by atoms with Crippen molar-refractivity contribution in [3.63, 3.8) is 0 Å². The van der Waals surface area contributed by atoms with Crippen molar-refractivity contribution in [3.05, 3.63) is 74.8 Å². The minimum atomic E-state index is -4.61. The standard InChI is InChI=1S/C20H15ClF3N5O/c1-10-5-11(17(25-7-10)20(22,23)24)6-15-13(12-8-26-19(21)27-9-12)3-4-14-16(15)28-29(2)18(14)30/h3-5,7-9,28H,6H2,1-2H3. The second kappa shape index (κ2) is 7.24. The summed E-state index contributed by atoms with van der Waals surface area (Å²) in [6, 6.07) is 4.76. The van der Waals surface area contributed by atoms with Crippen LogP contribution >= 0.6 is 11.6 Å². The van der Waals surface area contributed by atoms with E-state index in [1.165, 1.54) is 29.3 Å². The van der Waals surface area contributed by atoms with Crippen molar-refractivity contribution >= 4 is 22.5 Å². The highest BCUT2D eigenvalue weighted by Gasteiger charge is 2.35. The molecule has 4 rings (SSSR count). The van der Waals surface area contributed by atoms with Gasteiger partial charge in [-0.3, -0.25) is 19.6 Å². The molecule has 0 atom stereocenters. The predicted octanol–water partition coefficient (Wildman–Crippen LogP) is 4.29. The Kier molecular flexibility index (Phi) is 4.85. The Hall–Kier alpha value is -3.20. The van der Waals surface area contributed by atoms with E-state index < -0.39 is 11.9 Å². The average molecular weight is 434 g/mol. The summed E-state index contributed by atoms with van der Waals surface area (Å²) >= 11 is 5.77. The van der Waals surface area contributed by atoms with Crippen LogP contribution in [-0.2, 0) is 19.6 Å². The van der Waals surface area contributed by atoms with Gasteiger partial charge in [-0.05, 0) is 46.8 Å². The van der Waals surface area contributed by atoms with Gasteiger partial charge in [0, 0.05) is 37.6 Å². The number of rotatable bonds is 3. The van der Waals surface area contributed by atoms with Crippen LogP contribution < -0.4 is 5.56 Å². The van der Waals surface area contributed by atoms with Crippen LogP contribution in [0, 0.1) is 6.92 Å². The van der Waals surface area contributed by atoms with Crippen LogP contribution in [0.5, 0.6) is 0 Å². The summed E-state index contributed by atoms with van der Waals surface area (Å²) in [6.45, 7) is 1.68. The maximum atomic E-state index is 13.6. The van der Waals surface area contributed by atoms with Crippen LogP contribution in [0.15, 0.2) is 41.6 Å². The van der Waals surface area contributed by atoms with Crippen LogP contribution in [0.3, 0.4) is 0 Å². The minimum Gasteiger partial charge on any atom is -0.295 e. The number of nitrogens with one attached hydrogen (secondary N) is 1. The monoisotopic (exact) mass is 433 g/mol. The van der Waals surface area contributed by atoms with E-state index in [1.54, 1.807) is 26.1 Å². The first-order valence-electron chi connectivity index (χ1n) is 8.86. The number of fused-ring (bicyclic) bond motifs is 1. The number of aromatic amines is 1. The first-order valence-corrected chi connectivity index (χ1v) is 9.24. The van der Waals surface area contributed by atoms with Crippen molar-refractivity contribution in [1.29, 1.82) is 0 Å². The number of H-pyrrole nitrogens is 1. The molecule has 0 saturated carbocycles. The second-order valence-corrected chi connectivity index (χ2v) is 7.26. The second-order valence-electron chi connectivity index (χ2n) is 6.93. The van der Waals surface area contributed by atoms with Crippen LogP contribution in [0.25, 0.3) is 22.0 Å². The van der Waals surface area contributed by atoms with Gasteiger partial charge in [0.25, 0.3) is 5.56 Å². The number of halogens is 4. The highest BCUT2D eigenvalue weighted by atomic mass is 35.5. The van der Waals surface area contributed by atoms with Gasteiger partial charge >= 0.3 is 6.18 Å². The van der Waals surface area contributed by atoms with Crippen LogP contribution in [-0.4, -0.2) is 24.7 Å². The molecule has 154 valence electrons. The minimum absolute atomic E-state index is 0.0100. The number of benzene rings is 1. The molecule has 4 aromatic rings. The zero-order chi connectivity index (χ0) is 21.6. The largest absolute Gasteiger partial charge is 0.433 e. The molecule has 6 nitrogen and oxygen atoms in total. The summed E-state index contributed by atoms with van der Waals surface area (Å²) in [5.74, 6) is 0. The van der Waals surface area contributed by atoms with E-state index in [2.05, 4.69) is 20.1 Å². The number of aromatic nitrogens is 5. The molecule has 0 saturated heterocycles. The number of nitrogens with zero attached hydrogens (tertiary/aromatic N) is 4. The molecule has 0 radical (unpaired) electrons. The molecule has 0 bridgehead atoms. The fourth-order valence-electron chi connectivity index (χ4n) is 3.47. The van der Waals surface area contributed by atoms with Crippen molar-refractivity contribution in [2.75, 3.05) is 0 Å². The fraction of sp³-hybridized carbons (Fsp3) is 0.200. The SMILES string of the molecule is Cc1cnc(C(F)(F)F)c(Cc2c(-c3cnc(Cl)nc3)ccc3c(=O)n(C)[nH]c23)c1. The third kappa shape index (κ3) is 3.56. The molecule has 0 fully saturated rings. The summed E-state index contributed by atoms with van der Waals surface area (Å²) in [7, 11) is 1.55. The number of hydrogen-bond acceptors (Lipinski definition) is 4. The Morgan fingerprint density at radius 2 is 1.83 bits per heavy atom. The van der Waals surface area contributed by atoms with Gasteiger partial charge in [0.15, 0.2) is 0 Å². The van der Waals surface area contributed by atoms with Gasteiger partial charge in [-0.25, -0.2) is 9.97 Å². The van der Waals surface area contributed by atoms with Gasteiger partial charge in [-0.15, -0.1) is 0 Å². The van der Waals surface area contributed by atoms with E-state index in [1.807, 2.05) is 0 Å². The van der Waals surface area contributed by atoms with E-state index in [0.29, 0.717) is 33.2 Å². The Labute approximate surface area is 173 Å². The third-order valence-electron chi connectivity index (χ3n) is 4.80. The molecule has 0 aliphatic carbocycles. The summed E-state index contributed by atoms with van der Waals surface area (Å²) < 4.78 is 42.0. The Balaban J connectivity index is 1.99. The molecule has 0 aliphatic heterocycles. The van der Waals surface area contributed by atoms with Crippen LogP contribution in [0.1, 0.15) is 22.4 Å². The normalized spacial score (nSPS) is 11.9. The number of alkyl halides is 3. The fourth-order valence-corrected chi connectivity index (χ4v) is 3.57. The van der Waals surface area contributed by atoms with Crippen molar-refractivity contribution in [1.82, 2.24) is 24.7 Å². The Morgan fingerprint density at radius 3 is 2.50 bits per heavy atom. The molecule has 0 spiro atoms. The van der Waals surface area contributed by atoms with Crippen molar-refractivity contribution < 1.29 is 13.2 Å². The van der Waals surface area contributed by atoms with Crippen molar-refractivity contribution in [2.45, 2.75) is 19.5 Å². The lowest BCUT2D eigenvalue weighted by atomic mass is 9.93.